The lowest BCUT2D eigenvalue weighted by atomic mass is 9.97. The third-order valence-electron chi connectivity index (χ3n) is 5.83. The van der Waals surface area contributed by atoms with Gasteiger partial charge in [-0.25, -0.2) is 13.2 Å². The van der Waals surface area contributed by atoms with Crippen LogP contribution >= 0.6 is 0 Å². The molecule has 0 amide bonds. The molecule has 0 saturated heterocycles. The molecule has 0 nitrogen and oxygen atoms in total. The van der Waals surface area contributed by atoms with Gasteiger partial charge in [-0.15, -0.1) is 0 Å². The lowest BCUT2D eigenvalue weighted by molar-refractivity contribution is 0.509. The molecule has 0 N–H and O–H groups in total. The quantitative estimate of drug-likeness (QED) is 0.280. The summed E-state index contributed by atoms with van der Waals surface area (Å²) in [5, 5.41) is 0. The van der Waals surface area contributed by atoms with Crippen LogP contribution in [0.4, 0.5) is 13.2 Å². The Kier molecular flexibility index (Phi) is 5.75. The molecule has 3 aromatic carbocycles. The van der Waals surface area contributed by atoms with E-state index in [1.54, 1.807) is 6.07 Å². The first kappa shape index (κ1) is 19.8. The van der Waals surface area contributed by atoms with Crippen LogP contribution in [0, 0.1) is 17.5 Å². The lowest BCUT2D eigenvalue weighted by Gasteiger charge is -2.08. The first-order valence-corrected chi connectivity index (χ1v) is 10.5. The van der Waals surface area contributed by atoms with Crippen LogP contribution in [0.5, 0.6) is 0 Å². The van der Waals surface area contributed by atoms with Gasteiger partial charge in [-0.1, -0.05) is 56.9 Å². The summed E-state index contributed by atoms with van der Waals surface area (Å²) in [6.07, 6.45) is 8.10. The average Bonchev–Trinajstić information content (AvgIpc) is 3.06. The van der Waals surface area contributed by atoms with Crippen molar-refractivity contribution in [2.45, 2.75) is 51.9 Å². The van der Waals surface area contributed by atoms with Crippen molar-refractivity contribution in [1.29, 1.82) is 0 Å². The zero-order chi connectivity index (χ0) is 20.4. The minimum Gasteiger partial charge on any atom is -0.206 e. The number of rotatable bonds is 7. The second kappa shape index (κ2) is 8.44. The summed E-state index contributed by atoms with van der Waals surface area (Å²) in [5.74, 6) is -2.30. The van der Waals surface area contributed by atoms with Gasteiger partial charge >= 0.3 is 0 Å². The van der Waals surface area contributed by atoms with E-state index in [0.717, 1.165) is 41.7 Å². The Morgan fingerprint density at radius 2 is 1.45 bits per heavy atom. The van der Waals surface area contributed by atoms with Crippen molar-refractivity contribution >= 4 is 0 Å². The van der Waals surface area contributed by atoms with Gasteiger partial charge in [0.25, 0.3) is 0 Å². The van der Waals surface area contributed by atoms with E-state index < -0.39 is 17.5 Å². The van der Waals surface area contributed by atoms with Gasteiger partial charge in [0.1, 0.15) is 5.82 Å². The Bertz CT molecular complexity index is 1040. The smallest absolute Gasteiger partial charge is 0.159 e. The van der Waals surface area contributed by atoms with Crippen molar-refractivity contribution in [2.75, 3.05) is 0 Å². The van der Waals surface area contributed by atoms with Crippen LogP contribution in [0.15, 0.2) is 48.5 Å². The number of unbranched alkanes of at least 4 members (excludes halogenated alkanes) is 4. The number of benzene rings is 3. The van der Waals surface area contributed by atoms with Crippen molar-refractivity contribution in [2.24, 2.45) is 0 Å². The van der Waals surface area contributed by atoms with Crippen LogP contribution in [-0.2, 0) is 12.8 Å². The topological polar surface area (TPSA) is 0 Å². The third-order valence-corrected chi connectivity index (χ3v) is 5.83. The van der Waals surface area contributed by atoms with E-state index in [2.05, 4.69) is 25.1 Å². The number of hydrogen-bond acceptors (Lipinski definition) is 0. The average molecular weight is 394 g/mol. The molecule has 1 aliphatic carbocycles. The fraction of sp³-hybridized carbons (Fsp3) is 0.308. The Labute approximate surface area is 170 Å². The van der Waals surface area contributed by atoms with E-state index >= 15 is 0 Å². The first-order chi connectivity index (χ1) is 14.1. The van der Waals surface area contributed by atoms with Crippen molar-refractivity contribution in [1.82, 2.24) is 0 Å². The zero-order valence-corrected chi connectivity index (χ0v) is 16.7. The van der Waals surface area contributed by atoms with Gasteiger partial charge < -0.3 is 0 Å². The SMILES string of the molecule is CCCCCCCc1ccc2c(c1)Cc1cc(-c3ccc(F)c(F)c3)c(F)cc1-2. The largest absolute Gasteiger partial charge is 0.206 e. The fourth-order valence-electron chi connectivity index (χ4n) is 4.25. The summed E-state index contributed by atoms with van der Waals surface area (Å²) in [5.41, 5.74) is 6.21. The van der Waals surface area contributed by atoms with E-state index in [4.69, 9.17) is 0 Å². The molecule has 3 aromatic rings. The molecule has 3 heteroatoms. The monoisotopic (exact) mass is 394 g/mol. The van der Waals surface area contributed by atoms with Crippen LogP contribution in [-0.4, -0.2) is 0 Å². The predicted octanol–water partition coefficient (Wildman–Crippen LogP) is 7.86. The van der Waals surface area contributed by atoms with Gasteiger partial charge in [-0.3, -0.25) is 0 Å². The molecular weight excluding hydrogens is 369 g/mol. The normalized spacial score (nSPS) is 12.1. The van der Waals surface area contributed by atoms with E-state index in [0.29, 0.717) is 11.1 Å². The first-order valence-electron chi connectivity index (χ1n) is 10.5. The molecule has 4 rings (SSSR count). The molecule has 0 spiro atoms. The number of halogens is 3. The van der Waals surface area contributed by atoms with Gasteiger partial charge in [-0.2, -0.15) is 0 Å². The highest BCUT2D eigenvalue weighted by atomic mass is 19.2. The number of hydrogen-bond donors (Lipinski definition) is 0. The van der Waals surface area contributed by atoms with Crippen LogP contribution < -0.4 is 0 Å². The summed E-state index contributed by atoms with van der Waals surface area (Å²) in [6, 6.07) is 13.3. The molecule has 0 fully saturated rings. The predicted molar refractivity (Wildman–Crippen MR) is 112 cm³/mol. The van der Waals surface area contributed by atoms with Crippen LogP contribution in [0.1, 0.15) is 55.7 Å². The van der Waals surface area contributed by atoms with Gasteiger partial charge in [0.2, 0.25) is 0 Å². The van der Waals surface area contributed by atoms with Crippen LogP contribution in [0.25, 0.3) is 22.3 Å². The van der Waals surface area contributed by atoms with E-state index in [9.17, 15) is 13.2 Å². The van der Waals surface area contributed by atoms with E-state index in [-0.39, 0.29) is 0 Å². The Morgan fingerprint density at radius 1 is 0.655 bits per heavy atom. The van der Waals surface area contributed by atoms with Gasteiger partial charge in [0.15, 0.2) is 11.6 Å². The molecule has 0 bridgehead atoms. The van der Waals surface area contributed by atoms with Gasteiger partial charge in [0.05, 0.1) is 0 Å². The highest BCUT2D eigenvalue weighted by Gasteiger charge is 2.22. The lowest BCUT2D eigenvalue weighted by Crippen LogP contribution is -1.91. The second-order valence-corrected chi connectivity index (χ2v) is 7.95. The Hall–Kier alpha value is -2.55. The molecule has 0 aliphatic heterocycles. The molecule has 0 atom stereocenters. The minimum atomic E-state index is -0.964. The summed E-state index contributed by atoms with van der Waals surface area (Å²) in [6.45, 7) is 2.22. The van der Waals surface area contributed by atoms with Gasteiger partial charge in [-0.05, 0) is 76.9 Å². The molecule has 29 heavy (non-hydrogen) atoms. The molecular formula is C26H25F3. The second-order valence-electron chi connectivity index (χ2n) is 7.95. The minimum absolute atomic E-state index is 0.312. The molecule has 0 aromatic heterocycles. The summed E-state index contributed by atoms with van der Waals surface area (Å²) >= 11 is 0. The zero-order valence-electron chi connectivity index (χ0n) is 16.7. The molecule has 0 unspecified atom stereocenters. The fourth-order valence-corrected chi connectivity index (χ4v) is 4.25. The van der Waals surface area contributed by atoms with Crippen LogP contribution in [0.3, 0.4) is 0 Å². The highest BCUT2D eigenvalue weighted by molar-refractivity contribution is 5.80. The molecule has 0 radical (unpaired) electrons. The summed E-state index contributed by atoms with van der Waals surface area (Å²) < 4.78 is 41.6. The van der Waals surface area contributed by atoms with Crippen molar-refractivity contribution in [3.8, 4) is 22.3 Å². The number of fused-ring (bicyclic) bond motifs is 3. The summed E-state index contributed by atoms with van der Waals surface area (Å²) in [4.78, 5) is 0. The maximum Gasteiger partial charge on any atom is 0.159 e. The van der Waals surface area contributed by atoms with Crippen molar-refractivity contribution < 1.29 is 13.2 Å². The maximum absolute atomic E-state index is 14.8. The molecule has 1 aliphatic rings. The molecule has 0 saturated carbocycles. The van der Waals surface area contributed by atoms with Crippen LogP contribution in [0.2, 0.25) is 0 Å². The van der Waals surface area contributed by atoms with E-state index in [1.165, 1.54) is 55.4 Å². The molecule has 0 heterocycles. The summed E-state index contributed by atoms with van der Waals surface area (Å²) in [7, 11) is 0. The Balaban J connectivity index is 1.56. The highest BCUT2D eigenvalue weighted by Crippen LogP contribution is 2.40. The molecule has 150 valence electrons. The Morgan fingerprint density at radius 3 is 2.24 bits per heavy atom. The maximum atomic E-state index is 14.8. The van der Waals surface area contributed by atoms with E-state index in [1.807, 2.05) is 0 Å². The third kappa shape index (κ3) is 4.10. The van der Waals surface area contributed by atoms with Crippen molar-refractivity contribution in [3.05, 3.63) is 82.7 Å². The standard InChI is InChI=1S/C26H25F3/c1-2-3-4-5-6-7-17-8-10-21-19(12-17)13-20-14-23(25(28)16-22(20)21)18-9-11-24(27)26(29)15-18/h8-12,14-16H,2-7,13H2,1H3. The number of aryl methyl sites for hydroxylation is 1. The van der Waals surface area contributed by atoms with Gasteiger partial charge in [0, 0.05) is 5.56 Å². The van der Waals surface area contributed by atoms with Crippen molar-refractivity contribution in [3.63, 3.8) is 0 Å².